The molecule has 0 radical (unpaired) electrons. The summed E-state index contributed by atoms with van der Waals surface area (Å²) in [5.74, 6) is -5.13. The van der Waals surface area contributed by atoms with Gasteiger partial charge in [0.15, 0.2) is 0 Å². The molecule has 0 aromatic carbocycles. The maximum atomic E-state index is 12.6. The van der Waals surface area contributed by atoms with Gasteiger partial charge in [-0.15, -0.1) is 0 Å². The second-order valence-electron chi connectivity index (χ2n) is 7.43. The average Bonchev–Trinajstić information content (AvgIpc) is 3.21. The number of carbonyl (C=O) groups is 5. The van der Waals surface area contributed by atoms with Crippen LogP contribution in [-0.2, 0) is 30.4 Å². The van der Waals surface area contributed by atoms with Crippen LogP contribution in [0.1, 0.15) is 26.0 Å². The van der Waals surface area contributed by atoms with Crippen molar-refractivity contribution in [2.45, 2.75) is 50.9 Å². The quantitative estimate of drug-likeness (QED) is 0.141. The number of aromatic amines is 1. The molecule has 1 heterocycles. The average molecular weight is 472 g/mol. The molecule has 4 amide bonds. The number of carbonyl (C=O) groups excluding carboxylic acids is 4. The van der Waals surface area contributed by atoms with Gasteiger partial charge in [-0.05, 0) is 5.92 Å². The molecule has 0 saturated heterocycles. The SMILES string of the molecule is CC(C)C(NC(=O)C(CC(N)=O)NC(=O)C(CS)NC(=O)C(N)Cc1cnc[nH]1)C(=O)O. The molecule has 1 rings (SSSR count). The minimum atomic E-state index is -1.45. The lowest BCUT2D eigenvalue weighted by atomic mass is 10.0. The summed E-state index contributed by atoms with van der Waals surface area (Å²) in [4.78, 5) is 66.8. The number of rotatable bonds is 13. The maximum absolute atomic E-state index is 12.6. The molecule has 0 aliphatic carbocycles. The summed E-state index contributed by atoms with van der Waals surface area (Å²) < 4.78 is 0. The highest BCUT2D eigenvalue weighted by atomic mass is 32.1. The third-order valence-electron chi connectivity index (χ3n) is 4.42. The van der Waals surface area contributed by atoms with Crippen LogP contribution in [0.15, 0.2) is 12.5 Å². The fourth-order valence-corrected chi connectivity index (χ4v) is 2.91. The number of primary amides is 1. The van der Waals surface area contributed by atoms with E-state index < -0.39 is 66.1 Å². The molecule has 14 heteroatoms. The Morgan fingerprint density at radius 3 is 2.16 bits per heavy atom. The Hall–Kier alpha value is -3.13. The first kappa shape index (κ1) is 26.9. The highest BCUT2D eigenvalue weighted by molar-refractivity contribution is 7.80. The molecule has 4 atom stereocenters. The monoisotopic (exact) mass is 471 g/mol. The smallest absolute Gasteiger partial charge is 0.326 e. The van der Waals surface area contributed by atoms with E-state index in [1.165, 1.54) is 12.5 Å². The Morgan fingerprint density at radius 1 is 1.09 bits per heavy atom. The molecule has 178 valence electrons. The lowest BCUT2D eigenvalue weighted by Crippen LogP contribution is -2.58. The van der Waals surface area contributed by atoms with Gasteiger partial charge in [0, 0.05) is 24.1 Å². The first-order chi connectivity index (χ1) is 15.0. The maximum Gasteiger partial charge on any atom is 0.326 e. The molecule has 4 unspecified atom stereocenters. The Bertz CT molecular complexity index is 817. The molecule has 1 aromatic heterocycles. The van der Waals surface area contributed by atoms with Gasteiger partial charge in [-0.25, -0.2) is 9.78 Å². The summed E-state index contributed by atoms with van der Waals surface area (Å²) in [6, 6.07) is -4.85. The van der Waals surface area contributed by atoms with Gasteiger partial charge in [-0.1, -0.05) is 13.8 Å². The van der Waals surface area contributed by atoms with Crippen molar-refractivity contribution in [3.8, 4) is 0 Å². The van der Waals surface area contributed by atoms with Crippen LogP contribution in [0.4, 0.5) is 0 Å². The molecule has 9 N–H and O–H groups in total. The zero-order valence-electron chi connectivity index (χ0n) is 17.7. The summed E-state index contributed by atoms with van der Waals surface area (Å²) in [5, 5.41) is 16.2. The number of aromatic nitrogens is 2. The van der Waals surface area contributed by atoms with Crippen LogP contribution in [0.2, 0.25) is 0 Å². The van der Waals surface area contributed by atoms with E-state index in [1.54, 1.807) is 13.8 Å². The number of amides is 4. The predicted octanol–water partition coefficient (Wildman–Crippen LogP) is -2.72. The Kier molecular flexibility index (Phi) is 10.6. The lowest BCUT2D eigenvalue weighted by Gasteiger charge is -2.25. The third-order valence-corrected chi connectivity index (χ3v) is 4.78. The van der Waals surface area contributed by atoms with Crippen molar-refractivity contribution in [1.82, 2.24) is 25.9 Å². The molecule has 0 spiro atoms. The number of hydrogen-bond acceptors (Lipinski definition) is 8. The molecule has 0 bridgehead atoms. The fraction of sp³-hybridized carbons (Fsp3) is 0.556. The number of H-pyrrole nitrogens is 1. The zero-order valence-corrected chi connectivity index (χ0v) is 18.6. The van der Waals surface area contributed by atoms with E-state index in [0.29, 0.717) is 5.69 Å². The van der Waals surface area contributed by atoms with Gasteiger partial charge in [0.2, 0.25) is 23.6 Å². The summed E-state index contributed by atoms with van der Waals surface area (Å²) in [7, 11) is 0. The van der Waals surface area contributed by atoms with E-state index in [-0.39, 0.29) is 12.2 Å². The van der Waals surface area contributed by atoms with Gasteiger partial charge in [0.05, 0.1) is 18.8 Å². The van der Waals surface area contributed by atoms with Crippen molar-refractivity contribution in [2.24, 2.45) is 17.4 Å². The van der Waals surface area contributed by atoms with Gasteiger partial charge >= 0.3 is 5.97 Å². The second-order valence-corrected chi connectivity index (χ2v) is 7.80. The lowest BCUT2D eigenvalue weighted by molar-refractivity contribution is -0.143. The Morgan fingerprint density at radius 2 is 1.69 bits per heavy atom. The molecule has 0 aliphatic rings. The number of nitrogens with zero attached hydrogens (tertiary/aromatic N) is 1. The molecule has 0 saturated carbocycles. The molecule has 32 heavy (non-hydrogen) atoms. The van der Waals surface area contributed by atoms with Crippen LogP contribution in [-0.4, -0.2) is 74.6 Å². The van der Waals surface area contributed by atoms with E-state index in [0.717, 1.165) is 0 Å². The molecular formula is C18H29N7O6S. The van der Waals surface area contributed by atoms with E-state index in [1.807, 2.05) is 0 Å². The minimum Gasteiger partial charge on any atom is -0.480 e. The predicted molar refractivity (Wildman–Crippen MR) is 116 cm³/mol. The summed E-state index contributed by atoms with van der Waals surface area (Å²) in [6.45, 7) is 3.17. The van der Waals surface area contributed by atoms with Crippen molar-refractivity contribution in [2.75, 3.05) is 5.75 Å². The van der Waals surface area contributed by atoms with Gasteiger partial charge in [-0.2, -0.15) is 12.6 Å². The van der Waals surface area contributed by atoms with Crippen LogP contribution in [0.25, 0.3) is 0 Å². The number of thiol groups is 1. The number of imidazole rings is 1. The number of nitrogens with two attached hydrogens (primary N) is 2. The Balaban J connectivity index is 2.82. The standard InChI is InChI=1S/C18H29N7O6S/c1-8(2)14(18(30)31)25-16(28)11(4-13(20)26)23-17(29)12(6-32)24-15(27)10(19)3-9-5-21-7-22-9/h5,7-8,10-12,14,32H,3-4,6,19H2,1-2H3,(H2,20,26)(H,21,22)(H,23,29)(H,24,27)(H,25,28)(H,30,31). The fourth-order valence-electron chi connectivity index (χ4n) is 2.65. The van der Waals surface area contributed by atoms with Crippen LogP contribution in [0.3, 0.4) is 0 Å². The van der Waals surface area contributed by atoms with E-state index in [2.05, 4.69) is 38.5 Å². The minimum absolute atomic E-state index is 0.136. The highest BCUT2D eigenvalue weighted by Gasteiger charge is 2.31. The topological polar surface area (TPSA) is 222 Å². The number of aliphatic carboxylic acids is 1. The summed E-state index contributed by atoms with van der Waals surface area (Å²) in [6.07, 6.45) is 2.51. The third kappa shape index (κ3) is 8.55. The van der Waals surface area contributed by atoms with Crippen molar-refractivity contribution in [1.29, 1.82) is 0 Å². The summed E-state index contributed by atoms with van der Waals surface area (Å²) in [5.41, 5.74) is 11.6. The van der Waals surface area contributed by atoms with Crippen LogP contribution >= 0.6 is 12.6 Å². The van der Waals surface area contributed by atoms with Crippen molar-refractivity contribution in [3.63, 3.8) is 0 Å². The zero-order chi connectivity index (χ0) is 24.4. The van der Waals surface area contributed by atoms with Gasteiger partial charge in [-0.3, -0.25) is 19.2 Å². The number of hydrogen-bond donors (Lipinski definition) is 8. The van der Waals surface area contributed by atoms with Crippen molar-refractivity contribution < 1.29 is 29.1 Å². The number of nitrogens with one attached hydrogen (secondary N) is 4. The van der Waals surface area contributed by atoms with Crippen molar-refractivity contribution >= 4 is 42.2 Å². The molecule has 0 aliphatic heterocycles. The van der Waals surface area contributed by atoms with Gasteiger partial charge in [0.25, 0.3) is 0 Å². The first-order valence-electron chi connectivity index (χ1n) is 9.72. The largest absolute Gasteiger partial charge is 0.480 e. The number of carboxylic acids is 1. The van der Waals surface area contributed by atoms with Crippen LogP contribution in [0.5, 0.6) is 0 Å². The normalized spacial score (nSPS) is 14.7. The van der Waals surface area contributed by atoms with Gasteiger partial charge < -0.3 is 37.5 Å². The molecule has 13 nitrogen and oxygen atoms in total. The molecule has 1 aromatic rings. The van der Waals surface area contributed by atoms with E-state index >= 15 is 0 Å². The Labute approximate surface area is 189 Å². The molecular weight excluding hydrogens is 442 g/mol. The van der Waals surface area contributed by atoms with Crippen LogP contribution < -0.4 is 27.4 Å². The van der Waals surface area contributed by atoms with E-state index in [4.69, 9.17) is 11.5 Å². The number of carboxylic acid groups (broad SMARTS) is 1. The van der Waals surface area contributed by atoms with Gasteiger partial charge in [0.1, 0.15) is 18.1 Å². The van der Waals surface area contributed by atoms with Crippen LogP contribution in [0, 0.1) is 5.92 Å². The van der Waals surface area contributed by atoms with Crippen molar-refractivity contribution in [3.05, 3.63) is 18.2 Å². The highest BCUT2D eigenvalue weighted by Crippen LogP contribution is 2.04. The summed E-state index contributed by atoms with van der Waals surface area (Å²) >= 11 is 4.04. The molecule has 0 fully saturated rings. The second kappa shape index (κ2) is 12.7. The first-order valence-corrected chi connectivity index (χ1v) is 10.3. The van der Waals surface area contributed by atoms with E-state index in [9.17, 15) is 29.1 Å².